The summed E-state index contributed by atoms with van der Waals surface area (Å²) in [5.74, 6) is 0.597. The summed E-state index contributed by atoms with van der Waals surface area (Å²) in [7, 11) is 0. The number of hydrogen-bond acceptors (Lipinski definition) is 3. The van der Waals surface area contributed by atoms with Crippen molar-refractivity contribution in [3.05, 3.63) is 70.9 Å². The molecule has 0 spiro atoms. The highest BCUT2D eigenvalue weighted by Gasteiger charge is 2.25. The average Bonchev–Trinajstić information content (AvgIpc) is 2.76. The van der Waals surface area contributed by atoms with Crippen molar-refractivity contribution in [2.24, 2.45) is 0 Å². The molecular formula is C24H27ClN2O. The van der Waals surface area contributed by atoms with Crippen molar-refractivity contribution in [1.82, 2.24) is 4.98 Å². The number of carbonyl (C=O) groups excluding carboxylic acids is 1. The van der Waals surface area contributed by atoms with Gasteiger partial charge in [0.05, 0.1) is 16.2 Å². The molecule has 2 heterocycles. The summed E-state index contributed by atoms with van der Waals surface area (Å²) in [6.07, 6.45) is 3.90. The molecule has 28 heavy (non-hydrogen) atoms. The van der Waals surface area contributed by atoms with Crippen molar-refractivity contribution >= 4 is 34.0 Å². The average molecular weight is 395 g/mol. The number of piperidine rings is 1. The number of benzene rings is 2. The monoisotopic (exact) mass is 394 g/mol. The molecule has 146 valence electrons. The first-order chi connectivity index (χ1) is 13.6. The van der Waals surface area contributed by atoms with Gasteiger partial charge in [-0.05, 0) is 49.4 Å². The molecule has 0 aliphatic carbocycles. The number of carbonyl (C=O) groups is 1. The number of aromatic nitrogens is 1. The molecule has 3 aromatic rings. The lowest BCUT2D eigenvalue weighted by atomic mass is 9.89. The topological polar surface area (TPSA) is 33.2 Å². The van der Waals surface area contributed by atoms with E-state index in [4.69, 9.17) is 11.6 Å². The smallest absolute Gasteiger partial charge is 0.162 e. The Morgan fingerprint density at radius 3 is 2.39 bits per heavy atom. The van der Waals surface area contributed by atoms with Gasteiger partial charge in [0.25, 0.3) is 0 Å². The normalized spacial score (nSPS) is 14.5. The van der Waals surface area contributed by atoms with Crippen molar-refractivity contribution < 1.29 is 4.79 Å². The van der Waals surface area contributed by atoms with E-state index in [1.807, 2.05) is 26.0 Å². The molecule has 1 fully saturated rings. The van der Waals surface area contributed by atoms with Crippen LogP contribution in [-0.4, -0.2) is 23.9 Å². The summed E-state index contributed by atoms with van der Waals surface area (Å²) in [6, 6.07) is 16.3. The van der Waals surface area contributed by atoms with Crippen molar-refractivity contribution in [2.45, 2.75) is 39.5 Å². The van der Waals surface area contributed by atoms with Crippen LogP contribution in [-0.2, 0) is 0 Å². The number of rotatable bonds is 3. The largest absolute Gasteiger partial charge is 0.369 e. The highest BCUT2D eigenvalue weighted by atomic mass is 35.5. The first-order valence-electron chi connectivity index (χ1n) is 10.0. The fourth-order valence-corrected chi connectivity index (χ4v) is 4.20. The van der Waals surface area contributed by atoms with Crippen LogP contribution in [0.2, 0.25) is 5.02 Å². The number of pyridine rings is 1. The third-order valence-electron chi connectivity index (χ3n) is 5.28. The molecule has 0 radical (unpaired) electrons. The van der Waals surface area contributed by atoms with Gasteiger partial charge in [0.2, 0.25) is 0 Å². The summed E-state index contributed by atoms with van der Waals surface area (Å²) in [6.45, 7) is 7.42. The predicted octanol–water partition coefficient (Wildman–Crippen LogP) is 6.50. The first-order valence-corrected chi connectivity index (χ1v) is 10.4. The van der Waals surface area contributed by atoms with Crippen LogP contribution in [0.15, 0.2) is 54.7 Å². The summed E-state index contributed by atoms with van der Waals surface area (Å²) in [5, 5.41) is 1.49. The Morgan fingerprint density at radius 1 is 1.07 bits per heavy atom. The van der Waals surface area contributed by atoms with Crippen molar-refractivity contribution in [3.8, 4) is 0 Å². The second-order valence-corrected chi connectivity index (χ2v) is 7.29. The zero-order valence-electron chi connectivity index (χ0n) is 16.8. The second-order valence-electron chi connectivity index (χ2n) is 6.88. The summed E-state index contributed by atoms with van der Waals surface area (Å²) in [5.41, 5.74) is 3.82. The van der Waals surface area contributed by atoms with Crippen LogP contribution in [0.25, 0.3) is 10.9 Å². The van der Waals surface area contributed by atoms with Crippen molar-refractivity contribution in [1.29, 1.82) is 0 Å². The number of fused-ring (bicyclic) bond motifs is 1. The fourth-order valence-electron chi connectivity index (χ4n) is 3.94. The molecule has 2 aromatic carbocycles. The number of hydrogen-bond donors (Lipinski definition) is 0. The van der Waals surface area contributed by atoms with Crippen LogP contribution in [0.3, 0.4) is 0 Å². The molecule has 1 aliphatic rings. The molecule has 0 unspecified atom stereocenters. The second kappa shape index (κ2) is 9.20. The molecule has 1 aliphatic heterocycles. The minimum absolute atomic E-state index is 0.0274. The van der Waals surface area contributed by atoms with Gasteiger partial charge >= 0.3 is 0 Å². The lowest BCUT2D eigenvalue weighted by molar-refractivity contribution is 0.101. The van der Waals surface area contributed by atoms with Gasteiger partial charge in [0.1, 0.15) is 0 Å². The van der Waals surface area contributed by atoms with Crippen LogP contribution in [0.5, 0.6) is 0 Å². The third kappa shape index (κ3) is 4.05. The van der Waals surface area contributed by atoms with E-state index in [-0.39, 0.29) is 5.78 Å². The van der Waals surface area contributed by atoms with Gasteiger partial charge in [-0.1, -0.05) is 55.8 Å². The molecular weight excluding hydrogens is 368 g/mol. The van der Waals surface area contributed by atoms with E-state index in [2.05, 4.69) is 40.2 Å². The molecule has 0 saturated carbocycles. The van der Waals surface area contributed by atoms with Gasteiger partial charge in [0.15, 0.2) is 5.78 Å². The molecule has 1 saturated heterocycles. The standard InChI is InChI=1S/C22H21ClN2O.C2H6/c1-15(26)19-14-20(23)18-8-5-11-24-21(18)22(19)25-12-9-17(10-13-25)16-6-3-2-4-7-16;1-2/h2-8,11,14,17H,9-10,12-13H2,1H3;1-2H3. The number of halogens is 1. The van der Waals surface area contributed by atoms with Gasteiger partial charge in [0, 0.05) is 30.2 Å². The van der Waals surface area contributed by atoms with Gasteiger partial charge in [-0.2, -0.15) is 0 Å². The fraction of sp³-hybridized carbons (Fsp3) is 0.333. The van der Waals surface area contributed by atoms with E-state index in [0.717, 1.165) is 42.5 Å². The van der Waals surface area contributed by atoms with Crippen LogP contribution in [0, 0.1) is 0 Å². The maximum absolute atomic E-state index is 12.3. The van der Waals surface area contributed by atoms with Gasteiger partial charge in [-0.25, -0.2) is 0 Å². The first kappa shape index (κ1) is 20.3. The molecule has 0 N–H and O–H groups in total. The highest BCUT2D eigenvalue weighted by Crippen LogP contribution is 2.38. The zero-order chi connectivity index (χ0) is 20.1. The van der Waals surface area contributed by atoms with Gasteiger partial charge in [-0.15, -0.1) is 0 Å². The van der Waals surface area contributed by atoms with Gasteiger partial charge < -0.3 is 4.90 Å². The van der Waals surface area contributed by atoms with E-state index in [1.165, 1.54) is 5.56 Å². The molecule has 3 nitrogen and oxygen atoms in total. The minimum atomic E-state index is 0.0274. The summed E-state index contributed by atoms with van der Waals surface area (Å²) >= 11 is 6.41. The highest BCUT2D eigenvalue weighted by molar-refractivity contribution is 6.36. The molecule has 0 atom stereocenters. The van der Waals surface area contributed by atoms with Crippen molar-refractivity contribution in [2.75, 3.05) is 18.0 Å². The number of nitrogens with zero attached hydrogens (tertiary/aromatic N) is 2. The van der Waals surface area contributed by atoms with E-state index in [0.29, 0.717) is 16.5 Å². The Hall–Kier alpha value is -2.39. The Balaban J connectivity index is 0.00000109. The van der Waals surface area contributed by atoms with E-state index >= 15 is 0 Å². The third-order valence-corrected chi connectivity index (χ3v) is 5.59. The predicted molar refractivity (Wildman–Crippen MR) is 119 cm³/mol. The number of ketones is 1. The van der Waals surface area contributed by atoms with Gasteiger partial charge in [-0.3, -0.25) is 9.78 Å². The van der Waals surface area contributed by atoms with Crippen LogP contribution in [0.4, 0.5) is 5.69 Å². The molecule has 1 aromatic heterocycles. The van der Waals surface area contributed by atoms with E-state index < -0.39 is 0 Å². The summed E-state index contributed by atoms with van der Waals surface area (Å²) < 4.78 is 0. The quantitative estimate of drug-likeness (QED) is 0.475. The Labute approximate surface area is 172 Å². The van der Waals surface area contributed by atoms with E-state index in [9.17, 15) is 4.79 Å². The lowest BCUT2D eigenvalue weighted by Gasteiger charge is -2.35. The van der Waals surface area contributed by atoms with Crippen molar-refractivity contribution in [3.63, 3.8) is 0 Å². The molecule has 0 amide bonds. The minimum Gasteiger partial charge on any atom is -0.369 e. The zero-order valence-corrected chi connectivity index (χ0v) is 17.5. The summed E-state index contributed by atoms with van der Waals surface area (Å²) in [4.78, 5) is 19.1. The SMILES string of the molecule is CC.CC(=O)c1cc(Cl)c2cccnc2c1N1CCC(c2ccccc2)CC1. The Kier molecular flexibility index (Phi) is 6.69. The Morgan fingerprint density at radius 2 is 1.75 bits per heavy atom. The maximum atomic E-state index is 12.3. The molecule has 4 rings (SSSR count). The Bertz CT molecular complexity index is 947. The lowest BCUT2D eigenvalue weighted by Crippen LogP contribution is -2.34. The van der Waals surface area contributed by atoms with Crippen LogP contribution < -0.4 is 4.90 Å². The number of Topliss-reactive ketones (excluding diaryl/α,β-unsaturated/α-hetero) is 1. The van der Waals surface area contributed by atoms with E-state index in [1.54, 1.807) is 19.2 Å². The molecule has 0 bridgehead atoms. The van der Waals surface area contributed by atoms with Crippen LogP contribution in [0.1, 0.15) is 55.5 Å². The van der Waals surface area contributed by atoms with Crippen LogP contribution >= 0.6 is 11.6 Å². The maximum Gasteiger partial charge on any atom is 0.162 e. The number of anilines is 1. The molecule has 4 heteroatoms.